The van der Waals surface area contributed by atoms with E-state index in [1.807, 2.05) is 18.3 Å². The number of nitrogens with one attached hydrogen (secondary N) is 1. The maximum atomic E-state index is 9.84. The van der Waals surface area contributed by atoms with Gasteiger partial charge in [-0.2, -0.15) is 0 Å². The summed E-state index contributed by atoms with van der Waals surface area (Å²) in [6.07, 6.45) is 9.45. The zero-order valence-corrected chi connectivity index (χ0v) is 16.3. The SMILES string of the molecule is C=C(NC1CCCC(O)C1)c1c(C)sc2c1CC(C)CC2.C=CC. The van der Waals surface area contributed by atoms with Gasteiger partial charge in [0.05, 0.1) is 6.10 Å². The van der Waals surface area contributed by atoms with Gasteiger partial charge in [-0.05, 0) is 70.3 Å². The number of rotatable bonds is 3. The van der Waals surface area contributed by atoms with Gasteiger partial charge in [-0.3, -0.25) is 0 Å². The Morgan fingerprint density at radius 1 is 1.33 bits per heavy atom. The molecular weight excluding hydrogens is 314 g/mol. The number of aryl methyl sites for hydroxylation is 2. The molecule has 0 spiro atoms. The molecule has 0 amide bonds. The van der Waals surface area contributed by atoms with Gasteiger partial charge < -0.3 is 10.4 Å². The van der Waals surface area contributed by atoms with Crippen molar-refractivity contribution in [3.8, 4) is 0 Å². The molecule has 0 bridgehead atoms. The first-order valence-corrected chi connectivity index (χ1v) is 10.1. The normalized spacial score (nSPS) is 25.9. The van der Waals surface area contributed by atoms with Gasteiger partial charge >= 0.3 is 0 Å². The van der Waals surface area contributed by atoms with E-state index >= 15 is 0 Å². The molecule has 3 unspecified atom stereocenters. The fourth-order valence-electron chi connectivity index (χ4n) is 3.90. The Balaban J connectivity index is 0.000000647. The minimum atomic E-state index is -0.137. The number of thiophene rings is 1. The van der Waals surface area contributed by atoms with Crippen molar-refractivity contribution in [1.29, 1.82) is 0 Å². The fraction of sp³-hybridized carbons (Fsp3) is 0.619. The van der Waals surface area contributed by atoms with Crippen LogP contribution in [0.25, 0.3) is 5.70 Å². The van der Waals surface area contributed by atoms with Crippen molar-refractivity contribution in [1.82, 2.24) is 5.32 Å². The van der Waals surface area contributed by atoms with Gasteiger partial charge in [0.1, 0.15) is 0 Å². The van der Waals surface area contributed by atoms with Crippen LogP contribution in [0.15, 0.2) is 19.2 Å². The number of allylic oxidation sites excluding steroid dienone is 1. The molecule has 1 saturated carbocycles. The van der Waals surface area contributed by atoms with E-state index in [0.29, 0.717) is 6.04 Å². The van der Waals surface area contributed by atoms with Crippen molar-refractivity contribution < 1.29 is 5.11 Å². The molecular formula is C21H33NOS. The maximum Gasteiger partial charge on any atom is 0.0559 e. The minimum absolute atomic E-state index is 0.137. The summed E-state index contributed by atoms with van der Waals surface area (Å²) in [6.45, 7) is 14.2. The van der Waals surface area contributed by atoms with Crippen molar-refractivity contribution in [2.75, 3.05) is 0 Å². The largest absolute Gasteiger partial charge is 0.393 e. The predicted molar refractivity (Wildman–Crippen MR) is 107 cm³/mol. The lowest BCUT2D eigenvalue weighted by Crippen LogP contribution is -2.35. The topological polar surface area (TPSA) is 32.3 Å². The quantitative estimate of drug-likeness (QED) is 0.733. The molecule has 3 rings (SSSR count). The summed E-state index contributed by atoms with van der Waals surface area (Å²) in [7, 11) is 0. The van der Waals surface area contributed by atoms with Crippen LogP contribution in [0.4, 0.5) is 0 Å². The van der Waals surface area contributed by atoms with E-state index in [0.717, 1.165) is 37.3 Å². The molecule has 0 saturated heterocycles. The standard InChI is InChI=1S/C18H27NOS.C3H6/c1-11-7-8-17-16(9-11)18(13(3)21-17)12(2)19-14-5-4-6-15(20)10-14;1-3-2/h11,14-15,19-20H,2,4-10H2,1,3H3;3H,1H2,2H3. The highest BCUT2D eigenvalue weighted by Gasteiger charge is 2.26. The van der Waals surface area contributed by atoms with Crippen LogP contribution in [0.3, 0.4) is 0 Å². The lowest BCUT2D eigenvalue weighted by molar-refractivity contribution is 0.116. The predicted octanol–water partition coefficient (Wildman–Crippen LogP) is 5.24. The molecule has 3 atom stereocenters. The molecule has 1 fully saturated rings. The highest BCUT2D eigenvalue weighted by Crippen LogP contribution is 2.38. The van der Waals surface area contributed by atoms with Gasteiger partial charge in [-0.1, -0.05) is 19.6 Å². The van der Waals surface area contributed by atoms with Crippen molar-refractivity contribution in [3.63, 3.8) is 0 Å². The highest BCUT2D eigenvalue weighted by atomic mass is 32.1. The van der Waals surface area contributed by atoms with Gasteiger partial charge in [-0.25, -0.2) is 0 Å². The summed E-state index contributed by atoms with van der Waals surface area (Å²) in [4.78, 5) is 2.98. The second kappa shape index (κ2) is 8.87. The van der Waals surface area contributed by atoms with Crippen molar-refractivity contribution in [3.05, 3.63) is 40.1 Å². The Labute approximate surface area is 151 Å². The van der Waals surface area contributed by atoms with Gasteiger partial charge in [-0.15, -0.1) is 17.9 Å². The van der Waals surface area contributed by atoms with Crippen molar-refractivity contribution in [2.45, 2.75) is 77.9 Å². The van der Waals surface area contributed by atoms with E-state index in [2.05, 4.69) is 32.3 Å². The van der Waals surface area contributed by atoms with Crippen molar-refractivity contribution >= 4 is 17.0 Å². The Bertz CT molecular complexity index is 575. The smallest absolute Gasteiger partial charge is 0.0559 e. The van der Waals surface area contributed by atoms with Crippen LogP contribution >= 0.6 is 11.3 Å². The summed E-state index contributed by atoms with van der Waals surface area (Å²) < 4.78 is 0. The third kappa shape index (κ3) is 4.73. The lowest BCUT2D eigenvalue weighted by Gasteiger charge is -2.29. The van der Waals surface area contributed by atoms with Crippen LogP contribution in [-0.4, -0.2) is 17.3 Å². The van der Waals surface area contributed by atoms with Gasteiger partial charge in [0.2, 0.25) is 0 Å². The van der Waals surface area contributed by atoms with Crippen LogP contribution < -0.4 is 5.32 Å². The summed E-state index contributed by atoms with van der Waals surface area (Å²) >= 11 is 1.96. The van der Waals surface area contributed by atoms with Crippen LogP contribution in [0.2, 0.25) is 0 Å². The monoisotopic (exact) mass is 347 g/mol. The van der Waals surface area contributed by atoms with E-state index in [4.69, 9.17) is 0 Å². The Morgan fingerprint density at radius 3 is 2.71 bits per heavy atom. The molecule has 3 heteroatoms. The van der Waals surface area contributed by atoms with E-state index in [1.54, 1.807) is 16.5 Å². The van der Waals surface area contributed by atoms with E-state index in [-0.39, 0.29) is 6.10 Å². The molecule has 2 nitrogen and oxygen atoms in total. The number of aliphatic hydroxyl groups excluding tert-OH is 1. The average Bonchev–Trinajstić information content (AvgIpc) is 2.83. The zero-order valence-electron chi connectivity index (χ0n) is 15.5. The Morgan fingerprint density at radius 2 is 2.04 bits per heavy atom. The molecule has 0 radical (unpaired) electrons. The number of hydrogen-bond donors (Lipinski definition) is 2. The van der Waals surface area contributed by atoms with Crippen LogP contribution in [0.1, 0.15) is 66.8 Å². The van der Waals surface area contributed by atoms with Crippen LogP contribution in [0.5, 0.6) is 0 Å². The Kier molecular flexibility index (Phi) is 7.12. The van der Waals surface area contributed by atoms with Gasteiger partial charge in [0.15, 0.2) is 0 Å². The van der Waals surface area contributed by atoms with E-state index in [1.165, 1.54) is 29.7 Å². The van der Waals surface area contributed by atoms with Crippen LogP contribution in [0, 0.1) is 12.8 Å². The second-order valence-corrected chi connectivity index (χ2v) is 8.64. The summed E-state index contributed by atoms with van der Waals surface area (Å²) in [6, 6.07) is 0.386. The molecule has 134 valence electrons. The zero-order chi connectivity index (χ0) is 17.7. The fourth-order valence-corrected chi connectivity index (χ4v) is 5.15. The molecule has 2 aliphatic rings. The lowest BCUT2D eigenvalue weighted by atomic mass is 9.86. The van der Waals surface area contributed by atoms with E-state index in [9.17, 15) is 5.11 Å². The first-order valence-electron chi connectivity index (χ1n) is 9.28. The van der Waals surface area contributed by atoms with Gasteiger partial charge in [0, 0.05) is 27.1 Å². The molecule has 2 aliphatic carbocycles. The third-order valence-electron chi connectivity index (χ3n) is 5.01. The first-order chi connectivity index (χ1) is 11.5. The minimum Gasteiger partial charge on any atom is -0.393 e. The summed E-state index contributed by atoms with van der Waals surface area (Å²) in [5, 5.41) is 13.4. The third-order valence-corrected chi connectivity index (χ3v) is 6.22. The molecule has 24 heavy (non-hydrogen) atoms. The Hall–Kier alpha value is -1.06. The molecule has 0 aromatic carbocycles. The second-order valence-electron chi connectivity index (χ2n) is 7.33. The van der Waals surface area contributed by atoms with Crippen LogP contribution in [-0.2, 0) is 12.8 Å². The molecule has 1 aromatic heterocycles. The molecule has 1 aromatic rings. The maximum absolute atomic E-state index is 9.84. The van der Waals surface area contributed by atoms with Crippen molar-refractivity contribution in [2.24, 2.45) is 5.92 Å². The number of hydrogen-bond acceptors (Lipinski definition) is 3. The average molecular weight is 348 g/mol. The summed E-state index contributed by atoms with van der Waals surface area (Å²) in [5.41, 5.74) is 4.00. The number of aliphatic hydroxyl groups is 1. The first kappa shape index (κ1) is 19.3. The molecule has 1 heterocycles. The molecule has 0 aliphatic heterocycles. The van der Waals surface area contributed by atoms with Gasteiger partial charge in [0.25, 0.3) is 0 Å². The summed E-state index contributed by atoms with van der Waals surface area (Å²) in [5.74, 6) is 0.787. The highest BCUT2D eigenvalue weighted by molar-refractivity contribution is 7.12. The number of fused-ring (bicyclic) bond motifs is 1. The molecule has 2 N–H and O–H groups in total. The van der Waals surface area contributed by atoms with E-state index < -0.39 is 0 Å².